The predicted octanol–water partition coefficient (Wildman–Crippen LogP) is 3.00. The van der Waals surface area contributed by atoms with Gasteiger partial charge in [0.2, 0.25) is 5.95 Å². The minimum absolute atomic E-state index is 0.134. The minimum Gasteiger partial charge on any atom is -0.496 e. The Hall–Kier alpha value is -3.88. The van der Waals surface area contributed by atoms with Crippen LogP contribution in [-0.2, 0) is 13.1 Å². The number of ether oxygens (including phenoxy) is 2. The van der Waals surface area contributed by atoms with Crippen LogP contribution < -0.4 is 25.4 Å². The van der Waals surface area contributed by atoms with Crippen LogP contribution in [0.2, 0.25) is 0 Å². The van der Waals surface area contributed by atoms with Crippen LogP contribution in [0, 0.1) is 5.82 Å². The molecule has 3 N–H and O–H groups in total. The van der Waals surface area contributed by atoms with Gasteiger partial charge in [-0.1, -0.05) is 12.1 Å². The molecule has 0 spiro atoms. The number of hydrogen-bond donors (Lipinski definition) is 2. The van der Waals surface area contributed by atoms with E-state index >= 15 is 0 Å². The molecule has 1 aliphatic heterocycles. The van der Waals surface area contributed by atoms with E-state index in [-0.39, 0.29) is 17.3 Å². The van der Waals surface area contributed by atoms with Crippen molar-refractivity contribution in [3.05, 3.63) is 65.1 Å². The van der Waals surface area contributed by atoms with Crippen LogP contribution in [-0.4, -0.2) is 30.1 Å². The smallest absolute Gasteiger partial charge is 0.254 e. The van der Waals surface area contributed by atoms with Gasteiger partial charge in [-0.15, -0.1) is 0 Å². The third-order valence-corrected chi connectivity index (χ3v) is 4.90. The molecule has 1 aromatic heterocycles. The third kappa shape index (κ3) is 3.57. The van der Waals surface area contributed by atoms with Gasteiger partial charge in [-0.25, -0.2) is 9.37 Å². The monoisotopic (exact) mass is 409 g/mol. The third-order valence-electron chi connectivity index (χ3n) is 4.90. The molecule has 0 saturated heterocycles. The average molecular weight is 409 g/mol. The number of aromatic nitrogens is 2. The molecule has 1 aliphatic rings. The highest BCUT2D eigenvalue weighted by atomic mass is 19.1. The Labute approximate surface area is 172 Å². The summed E-state index contributed by atoms with van der Waals surface area (Å²) in [6, 6.07) is 10.2. The van der Waals surface area contributed by atoms with Crippen LogP contribution in [0.25, 0.3) is 0 Å². The molecule has 2 aromatic carbocycles. The van der Waals surface area contributed by atoms with Gasteiger partial charge in [0.1, 0.15) is 17.1 Å². The number of nitrogens with one attached hydrogen (secondary N) is 1. The van der Waals surface area contributed by atoms with Gasteiger partial charge in [-0.05, 0) is 23.8 Å². The molecular weight excluding hydrogens is 389 g/mol. The van der Waals surface area contributed by atoms with Crippen molar-refractivity contribution in [2.24, 2.45) is 5.73 Å². The first-order chi connectivity index (χ1) is 14.5. The number of fused-ring (bicyclic) bond motifs is 1. The zero-order chi connectivity index (χ0) is 21.3. The van der Waals surface area contributed by atoms with Crippen molar-refractivity contribution in [2.75, 3.05) is 24.4 Å². The van der Waals surface area contributed by atoms with Gasteiger partial charge in [0, 0.05) is 36.6 Å². The summed E-state index contributed by atoms with van der Waals surface area (Å²) in [5, 5.41) is 2.95. The van der Waals surface area contributed by atoms with Crippen molar-refractivity contribution in [3.8, 4) is 11.5 Å². The van der Waals surface area contributed by atoms with Crippen LogP contribution in [0.4, 0.5) is 21.8 Å². The molecule has 0 saturated carbocycles. The number of rotatable bonds is 6. The molecule has 30 heavy (non-hydrogen) atoms. The second kappa shape index (κ2) is 7.86. The van der Waals surface area contributed by atoms with Crippen LogP contribution in [0.5, 0.6) is 11.5 Å². The fourth-order valence-electron chi connectivity index (χ4n) is 3.45. The maximum Gasteiger partial charge on any atom is 0.254 e. The van der Waals surface area contributed by atoms with Crippen LogP contribution in [0.3, 0.4) is 0 Å². The molecule has 1 amide bonds. The number of carbonyl (C=O) groups is 1. The number of carbonyl (C=O) groups excluding carboxylic acids is 1. The number of hydrogen-bond acceptors (Lipinski definition) is 7. The molecule has 3 aromatic rings. The number of anilines is 3. The van der Waals surface area contributed by atoms with E-state index < -0.39 is 11.7 Å². The number of amides is 1. The Morgan fingerprint density at radius 3 is 2.67 bits per heavy atom. The first-order valence-corrected chi connectivity index (χ1v) is 9.17. The van der Waals surface area contributed by atoms with Gasteiger partial charge < -0.3 is 25.4 Å². The molecule has 0 radical (unpaired) electrons. The van der Waals surface area contributed by atoms with Crippen molar-refractivity contribution in [1.29, 1.82) is 0 Å². The van der Waals surface area contributed by atoms with Crippen LogP contribution in [0.15, 0.2) is 42.6 Å². The van der Waals surface area contributed by atoms with Crippen molar-refractivity contribution in [3.63, 3.8) is 0 Å². The summed E-state index contributed by atoms with van der Waals surface area (Å²) in [6.07, 6.45) is 1.37. The lowest BCUT2D eigenvalue weighted by Crippen LogP contribution is -2.23. The summed E-state index contributed by atoms with van der Waals surface area (Å²) in [6.45, 7) is 1.05. The van der Waals surface area contributed by atoms with Crippen LogP contribution >= 0.6 is 0 Å². The number of methoxy groups -OCH3 is 2. The zero-order valence-electron chi connectivity index (χ0n) is 16.5. The number of nitrogens with two attached hydrogens (primary N) is 1. The lowest BCUT2D eigenvalue weighted by Gasteiger charge is -2.20. The quantitative estimate of drug-likeness (QED) is 0.645. The first-order valence-electron chi connectivity index (χ1n) is 9.17. The predicted molar refractivity (Wildman–Crippen MR) is 110 cm³/mol. The largest absolute Gasteiger partial charge is 0.496 e. The second-order valence-electron chi connectivity index (χ2n) is 6.72. The summed E-state index contributed by atoms with van der Waals surface area (Å²) in [5.74, 6) is 0.370. The fraction of sp³-hybridized carbons (Fsp3) is 0.190. The van der Waals surface area contributed by atoms with Gasteiger partial charge in [0.25, 0.3) is 5.91 Å². The number of primary amides is 1. The molecule has 0 atom stereocenters. The van der Waals surface area contributed by atoms with Gasteiger partial charge >= 0.3 is 0 Å². The van der Waals surface area contributed by atoms with E-state index in [2.05, 4.69) is 15.3 Å². The standard InChI is InChI=1S/C21H20FN5O3/c1-29-17-5-3-4-12-10-27(11-15(12)17)20-14(19(23)28)9-24-21(26-20)25-13-6-7-18(30-2)16(22)8-13/h3-9H,10-11H2,1-2H3,(H2,23,28)(H,24,25,26). The van der Waals surface area contributed by atoms with E-state index in [1.54, 1.807) is 13.2 Å². The fourth-order valence-corrected chi connectivity index (χ4v) is 3.45. The van der Waals surface area contributed by atoms with E-state index in [4.69, 9.17) is 15.2 Å². The number of halogens is 1. The molecule has 154 valence electrons. The van der Waals surface area contributed by atoms with Crippen molar-refractivity contribution >= 4 is 23.4 Å². The van der Waals surface area contributed by atoms with E-state index in [1.165, 1.54) is 25.4 Å². The Bertz CT molecular complexity index is 1120. The summed E-state index contributed by atoms with van der Waals surface area (Å²) in [5.41, 5.74) is 8.30. The normalized spacial score (nSPS) is 12.4. The molecule has 0 unspecified atom stereocenters. The lowest BCUT2D eigenvalue weighted by molar-refractivity contribution is 0.1000. The van der Waals surface area contributed by atoms with Crippen LogP contribution in [0.1, 0.15) is 21.5 Å². The molecule has 9 heteroatoms. The molecule has 8 nitrogen and oxygen atoms in total. The van der Waals surface area contributed by atoms with E-state index in [0.29, 0.717) is 24.6 Å². The van der Waals surface area contributed by atoms with Gasteiger partial charge in [-0.3, -0.25) is 4.79 Å². The number of benzene rings is 2. The molecule has 2 heterocycles. The van der Waals surface area contributed by atoms with Gasteiger partial charge in [-0.2, -0.15) is 4.98 Å². The van der Waals surface area contributed by atoms with E-state index in [0.717, 1.165) is 16.9 Å². The highest BCUT2D eigenvalue weighted by Crippen LogP contribution is 2.34. The Balaban J connectivity index is 1.66. The average Bonchev–Trinajstić information content (AvgIpc) is 3.18. The molecule has 0 bridgehead atoms. The van der Waals surface area contributed by atoms with E-state index in [1.807, 2.05) is 23.1 Å². The topological polar surface area (TPSA) is 103 Å². The summed E-state index contributed by atoms with van der Waals surface area (Å²) in [7, 11) is 3.01. The molecule has 4 rings (SSSR count). The zero-order valence-corrected chi connectivity index (χ0v) is 16.5. The van der Waals surface area contributed by atoms with Gasteiger partial charge in [0.15, 0.2) is 11.6 Å². The highest BCUT2D eigenvalue weighted by Gasteiger charge is 2.27. The maximum atomic E-state index is 14.0. The molecular formula is C21H20FN5O3. The number of nitrogens with zero attached hydrogens (tertiary/aromatic N) is 3. The summed E-state index contributed by atoms with van der Waals surface area (Å²) in [4.78, 5) is 22.5. The van der Waals surface area contributed by atoms with E-state index in [9.17, 15) is 9.18 Å². The Kier molecular flexibility index (Phi) is 5.09. The molecule has 0 aliphatic carbocycles. The second-order valence-corrected chi connectivity index (χ2v) is 6.72. The van der Waals surface area contributed by atoms with Crippen molar-refractivity contribution in [1.82, 2.24) is 9.97 Å². The Morgan fingerprint density at radius 1 is 1.17 bits per heavy atom. The molecule has 0 fully saturated rings. The summed E-state index contributed by atoms with van der Waals surface area (Å²) < 4.78 is 24.4. The maximum absolute atomic E-state index is 14.0. The Morgan fingerprint density at radius 2 is 1.97 bits per heavy atom. The van der Waals surface area contributed by atoms with Gasteiger partial charge in [0.05, 0.1) is 14.2 Å². The lowest BCUT2D eigenvalue weighted by atomic mass is 10.1. The van der Waals surface area contributed by atoms with Crippen molar-refractivity contribution in [2.45, 2.75) is 13.1 Å². The minimum atomic E-state index is -0.630. The first kappa shape index (κ1) is 19.4. The highest BCUT2D eigenvalue weighted by molar-refractivity contribution is 5.97. The SMILES string of the molecule is COc1ccc(Nc2ncc(C(N)=O)c(N3Cc4cccc(OC)c4C3)n2)cc1F. The summed E-state index contributed by atoms with van der Waals surface area (Å²) >= 11 is 0. The van der Waals surface area contributed by atoms with Crippen molar-refractivity contribution < 1.29 is 18.7 Å².